The molecule has 0 aliphatic heterocycles. The van der Waals surface area contributed by atoms with E-state index in [4.69, 9.17) is 14.6 Å². The fourth-order valence-electron chi connectivity index (χ4n) is 1.11. The third-order valence-corrected chi connectivity index (χ3v) is 1.87. The Hall–Kier alpha value is -1.55. The maximum atomic E-state index is 10.8. The maximum Gasteiger partial charge on any atom is 0.339 e. The molecule has 0 saturated carbocycles. The van der Waals surface area contributed by atoms with E-state index in [2.05, 4.69) is 0 Å². The van der Waals surface area contributed by atoms with Gasteiger partial charge in [0.2, 0.25) is 0 Å². The van der Waals surface area contributed by atoms with Crippen LogP contribution in [0.4, 0.5) is 0 Å². The summed E-state index contributed by atoms with van der Waals surface area (Å²) < 4.78 is 10.2. The first-order chi connectivity index (χ1) is 7.15. The molecule has 0 amide bonds. The first-order valence-corrected chi connectivity index (χ1v) is 4.69. The summed E-state index contributed by atoms with van der Waals surface area (Å²) in [5.74, 6) is -0.655. The minimum absolute atomic E-state index is 0.0697. The van der Waals surface area contributed by atoms with E-state index < -0.39 is 5.97 Å². The second-order valence-corrected chi connectivity index (χ2v) is 3.06. The summed E-state index contributed by atoms with van der Waals surface area (Å²) in [6.07, 6.45) is 0. The second kappa shape index (κ2) is 5.36. The third kappa shape index (κ3) is 3.25. The molecular formula is C11H14O4. The van der Waals surface area contributed by atoms with E-state index in [0.717, 1.165) is 5.56 Å². The van der Waals surface area contributed by atoms with Crippen LogP contribution in [0.25, 0.3) is 0 Å². The number of ether oxygens (including phenoxy) is 2. The molecule has 0 aromatic heterocycles. The Morgan fingerprint density at radius 2 is 2.20 bits per heavy atom. The molecule has 82 valence electrons. The van der Waals surface area contributed by atoms with Crippen molar-refractivity contribution in [2.24, 2.45) is 0 Å². The molecule has 0 saturated heterocycles. The Morgan fingerprint density at radius 1 is 1.47 bits per heavy atom. The number of hydrogen-bond donors (Lipinski definition) is 1. The number of aryl methyl sites for hydroxylation is 1. The zero-order valence-electron chi connectivity index (χ0n) is 8.82. The summed E-state index contributed by atoms with van der Waals surface area (Å²) in [7, 11) is 0. The lowest BCUT2D eigenvalue weighted by molar-refractivity contribution is 0.0213. The average Bonchev–Trinajstić information content (AvgIpc) is 2.18. The number of hydrogen-bond acceptors (Lipinski definition) is 3. The predicted molar refractivity (Wildman–Crippen MR) is 55.3 cm³/mol. The van der Waals surface area contributed by atoms with E-state index in [1.54, 1.807) is 12.1 Å². The van der Waals surface area contributed by atoms with Gasteiger partial charge in [-0.25, -0.2) is 4.79 Å². The normalized spacial score (nSPS) is 10.0. The molecule has 0 bridgehead atoms. The van der Waals surface area contributed by atoms with Crippen LogP contribution in [0.1, 0.15) is 22.8 Å². The van der Waals surface area contributed by atoms with E-state index >= 15 is 0 Å². The van der Waals surface area contributed by atoms with Gasteiger partial charge >= 0.3 is 5.97 Å². The molecule has 0 radical (unpaired) electrons. The lowest BCUT2D eigenvalue weighted by atomic mass is 10.1. The Labute approximate surface area is 88.4 Å². The number of carbonyl (C=O) groups is 1. The topological polar surface area (TPSA) is 55.8 Å². The Bertz CT molecular complexity index is 346. The van der Waals surface area contributed by atoms with Crippen LogP contribution in [0.3, 0.4) is 0 Å². The number of carboxylic acid groups (broad SMARTS) is 1. The molecule has 4 heteroatoms. The molecule has 0 aliphatic rings. The highest BCUT2D eigenvalue weighted by Gasteiger charge is 2.10. The van der Waals surface area contributed by atoms with Crippen LogP contribution in [0.15, 0.2) is 18.2 Å². The summed E-state index contributed by atoms with van der Waals surface area (Å²) in [6.45, 7) is 4.32. The molecular weight excluding hydrogens is 196 g/mol. The van der Waals surface area contributed by atoms with Crippen LogP contribution < -0.4 is 4.74 Å². The van der Waals surface area contributed by atoms with Crippen LogP contribution in [0.2, 0.25) is 0 Å². The SMILES string of the molecule is CCOCOc1cc(C)ccc1C(=O)O. The molecule has 0 atom stereocenters. The van der Waals surface area contributed by atoms with Crippen molar-refractivity contribution in [3.8, 4) is 5.75 Å². The molecule has 0 spiro atoms. The van der Waals surface area contributed by atoms with Gasteiger partial charge in [-0.1, -0.05) is 6.07 Å². The van der Waals surface area contributed by atoms with Crippen molar-refractivity contribution >= 4 is 5.97 Å². The van der Waals surface area contributed by atoms with Gasteiger partial charge in [-0.3, -0.25) is 0 Å². The third-order valence-electron chi connectivity index (χ3n) is 1.87. The van der Waals surface area contributed by atoms with Crippen molar-refractivity contribution in [2.45, 2.75) is 13.8 Å². The molecule has 1 aromatic carbocycles. The molecule has 1 rings (SSSR count). The van der Waals surface area contributed by atoms with Crippen LogP contribution in [-0.2, 0) is 4.74 Å². The molecule has 0 heterocycles. The van der Waals surface area contributed by atoms with Gasteiger partial charge in [0, 0.05) is 6.61 Å². The molecule has 1 aromatic rings. The Morgan fingerprint density at radius 3 is 2.80 bits per heavy atom. The zero-order valence-corrected chi connectivity index (χ0v) is 8.82. The van der Waals surface area contributed by atoms with Crippen LogP contribution >= 0.6 is 0 Å². The van der Waals surface area contributed by atoms with E-state index in [-0.39, 0.29) is 12.4 Å². The number of aromatic carboxylic acids is 1. The summed E-state index contributed by atoms with van der Waals surface area (Å²) in [5, 5.41) is 8.89. The highest BCUT2D eigenvalue weighted by molar-refractivity contribution is 5.90. The molecule has 15 heavy (non-hydrogen) atoms. The van der Waals surface area contributed by atoms with Crippen molar-refractivity contribution < 1.29 is 19.4 Å². The molecule has 0 fully saturated rings. The fraction of sp³-hybridized carbons (Fsp3) is 0.364. The highest BCUT2D eigenvalue weighted by atomic mass is 16.7. The lowest BCUT2D eigenvalue weighted by Crippen LogP contribution is -2.07. The molecule has 1 N–H and O–H groups in total. The first-order valence-electron chi connectivity index (χ1n) is 4.69. The number of benzene rings is 1. The van der Waals surface area contributed by atoms with Crippen molar-refractivity contribution in [3.05, 3.63) is 29.3 Å². The monoisotopic (exact) mass is 210 g/mol. The molecule has 4 nitrogen and oxygen atoms in total. The van der Waals surface area contributed by atoms with Crippen molar-refractivity contribution in [2.75, 3.05) is 13.4 Å². The number of carboxylic acids is 1. The van der Waals surface area contributed by atoms with Gasteiger partial charge in [0.05, 0.1) is 0 Å². The van der Waals surface area contributed by atoms with Gasteiger partial charge in [0.15, 0.2) is 6.79 Å². The predicted octanol–water partition coefficient (Wildman–Crippen LogP) is 2.07. The average molecular weight is 210 g/mol. The number of rotatable bonds is 5. The van der Waals surface area contributed by atoms with Gasteiger partial charge in [-0.2, -0.15) is 0 Å². The zero-order chi connectivity index (χ0) is 11.3. The Kier molecular flexibility index (Phi) is 4.12. The lowest BCUT2D eigenvalue weighted by Gasteiger charge is -2.09. The van der Waals surface area contributed by atoms with Gasteiger partial charge < -0.3 is 14.6 Å². The summed E-state index contributed by atoms with van der Waals surface area (Å²) in [6, 6.07) is 4.94. The standard InChI is InChI=1S/C11H14O4/c1-3-14-7-15-10-6-8(2)4-5-9(10)11(12)13/h4-6H,3,7H2,1-2H3,(H,12,13). The van der Waals surface area contributed by atoms with Gasteiger partial charge in [0.25, 0.3) is 0 Å². The molecule has 0 aliphatic carbocycles. The smallest absolute Gasteiger partial charge is 0.339 e. The minimum Gasteiger partial charge on any atom is -0.478 e. The summed E-state index contributed by atoms with van der Waals surface area (Å²) >= 11 is 0. The minimum atomic E-state index is -0.999. The Balaban J connectivity index is 2.82. The summed E-state index contributed by atoms with van der Waals surface area (Å²) in [4.78, 5) is 10.8. The highest BCUT2D eigenvalue weighted by Crippen LogP contribution is 2.20. The van der Waals surface area contributed by atoms with Crippen LogP contribution in [0, 0.1) is 6.92 Å². The van der Waals surface area contributed by atoms with E-state index in [1.165, 1.54) is 6.07 Å². The van der Waals surface area contributed by atoms with Gasteiger partial charge in [-0.15, -0.1) is 0 Å². The molecule has 0 unspecified atom stereocenters. The van der Waals surface area contributed by atoms with E-state index in [0.29, 0.717) is 12.4 Å². The van der Waals surface area contributed by atoms with Gasteiger partial charge in [-0.05, 0) is 31.5 Å². The quantitative estimate of drug-likeness (QED) is 0.597. The second-order valence-electron chi connectivity index (χ2n) is 3.06. The van der Waals surface area contributed by atoms with Gasteiger partial charge in [0.1, 0.15) is 11.3 Å². The maximum absolute atomic E-state index is 10.8. The van der Waals surface area contributed by atoms with E-state index in [9.17, 15) is 4.79 Å². The first kappa shape index (κ1) is 11.5. The largest absolute Gasteiger partial charge is 0.478 e. The van der Waals surface area contributed by atoms with Crippen molar-refractivity contribution in [1.29, 1.82) is 0 Å². The van der Waals surface area contributed by atoms with Crippen LogP contribution in [-0.4, -0.2) is 24.5 Å². The fourth-order valence-corrected chi connectivity index (χ4v) is 1.11. The van der Waals surface area contributed by atoms with Crippen molar-refractivity contribution in [1.82, 2.24) is 0 Å². The summed E-state index contributed by atoms with van der Waals surface area (Å²) in [5.41, 5.74) is 1.10. The van der Waals surface area contributed by atoms with Crippen LogP contribution in [0.5, 0.6) is 5.75 Å². The van der Waals surface area contributed by atoms with E-state index in [1.807, 2.05) is 13.8 Å². The van der Waals surface area contributed by atoms with Crippen molar-refractivity contribution in [3.63, 3.8) is 0 Å².